The van der Waals surface area contributed by atoms with Crippen molar-refractivity contribution in [2.24, 2.45) is 0 Å². The Hall–Kier alpha value is -6.50. The number of H-pyrrole nitrogens is 1. The number of fused-ring (bicyclic) bond motifs is 6. The van der Waals surface area contributed by atoms with Crippen molar-refractivity contribution in [3.05, 3.63) is 181 Å². The third-order valence-electron chi connectivity index (χ3n) is 12.0. The zero-order chi connectivity index (χ0) is 39.8. The Morgan fingerprint density at radius 1 is 0.466 bits per heavy atom. The van der Waals surface area contributed by atoms with E-state index in [9.17, 15) is 0 Å². The molecule has 0 aliphatic carbocycles. The molecular weight excluding hydrogens is 723 g/mol. The number of aromatic nitrogens is 5. The molecule has 0 radical (unpaired) electrons. The van der Waals surface area contributed by atoms with Crippen LogP contribution >= 0.6 is 0 Å². The predicted molar refractivity (Wildman–Crippen MR) is 246 cm³/mol. The van der Waals surface area contributed by atoms with Crippen LogP contribution < -0.4 is 20.9 Å². The molecule has 0 bridgehead atoms. The molecular formula is C52H47N5Si. The van der Waals surface area contributed by atoms with Crippen LogP contribution in [0.3, 0.4) is 0 Å². The lowest BCUT2D eigenvalue weighted by Gasteiger charge is -2.36. The van der Waals surface area contributed by atoms with E-state index in [4.69, 9.17) is 4.98 Å². The van der Waals surface area contributed by atoms with Gasteiger partial charge in [0.2, 0.25) is 8.07 Å². The normalized spacial score (nSPS) is 12.7. The second-order valence-electron chi connectivity index (χ2n) is 17.7. The van der Waals surface area contributed by atoms with Crippen molar-refractivity contribution in [3.8, 4) is 11.5 Å². The van der Waals surface area contributed by atoms with Crippen molar-refractivity contribution in [2.75, 3.05) is 0 Å². The fourth-order valence-electron chi connectivity index (χ4n) is 9.07. The minimum Gasteiger partial charge on any atom is -0.294 e. The molecule has 0 unspecified atom stereocenters. The van der Waals surface area contributed by atoms with Gasteiger partial charge < -0.3 is 0 Å². The van der Waals surface area contributed by atoms with Crippen LogP contribution in [0.1, 0.15) is 52.7 Å². The van der Waals surface area contributed by atoms with Crippen LogP contribution in [0.5, 0.6) is 0 Å². The van der Waals surface area contributed by atoms with E-state index in [1.165, 1.54) is 42.8 Å². The number of hydrogen-bond acceptors (Lipinski definition) is 2. The molecule has 10 aromatic rings. The van der Waals surface area contributed by atoms with Gasteiger partial charge >= 0.3 is 0 Å². The van der Waals surface area contributed by atoms with Gasteiger partial charge in [0.05, 0.1) is 22.7 Å². The molecule has 0 spiro atoms. The Kier molecular flexibility index (Phi) is 8.22. The molecule has 4 aromatic heterocycles. The summed E-state index contributed by atoms with van der Waals surface area (Å²) in [7, 11) is -3.23. The van der Waals surface area contributed by atoms with E-state index < -0.39 is 8.07 Å². The summed E-state index contributed by atoms with van der Waals surface area (Å²) in [6, 6.07) is 60.7. The van der Waals surface area contributed by atoms with Crippen LogP contribution in [0.25, 0.3) is 55.2 Å². The highest BCUT2D eigenvalue weighted by Gasteiger charge is 2.45. The van der Waals surface area contributed by atoms with Gasteiger partial charge in [0, 0.05) is 32.5 Å². The summed E-state index contributed by atoms with van der Waals surface area (Å²) in [5.74, 6) is 0.936. The minimum absolute atomic E-state index is 0.150. The van der Waals surface area contributed by atoms with E-state index in [1.807, 2.05) is 6.20 Å². The van der Waals surface area contributed by atoms with Gasteiger partial charge in [-0.05, 0) is 80.0 Å². The molecule has 0 saturated carbocycles. The smallest absolute Gasteiger partial charge is 0.202 e. The Labute approximate surface area is 340 Å². The molecule has 1 N–H and O–H groups in total. The van der Waals surface area contributed by atoms with Crippen LogP contribution in [-0.2, 0) is 10.8 Å². The first-order chi connectivity index (χ1) is 28.0. The van der Waals surface area contributed by atoms with Crippen molar-refractivity contribution in [2.45, 2.75) is 52.4 Å². The van der Waals surface area contributed by atoms with E-state index in [2.05, 4.69) is 225 Å². The number of aromatic amines is 1. The number of para-hydroxylation sites is 3. The van der Waals surface area contributed by atoms with Gasteiger partial charge in [0.1, 0.15) is 11.5 Å². The lowest BCUT2D eigenvalue weighted by atomic mass is 9.87. The first-order valence-corrected chi connectivity index (χ1v) is 22.2. The van der Waals surface area contributed by atoms with Crippen molar-refractivity contribution >= 4 is 72.7 Å². The molecule has 5 nitrogen and oxygen atoms in total. The molecule has 0 saturated heterocycles. The molecule has 4 heterocycles. The SMILES string of the molecule is CC(C)(C)c1cc(-n2c3ccccc3c3cn[nH]c32)cc([Si](c2ccccc2)(c2ccccc2)c2cc(C(C)(C)C)cc(-n3c4ccccc4c4ccccc43)n2)c1. The molecule has 0 fully saturated rings. The summed E-state index contributed by atoms with van der Waals surface area (Å²) < 4.78 is 4.75. The van der Waals surface area contributed by atoms with Crippen LogP contribution in [-0.4, -0.2) is 32.4 Å². The van der Waals surface area contributed by atoms with E-state index in [-0.39, 0.29) is 10.8 Å². The molecule has 0 atom stereocenters. The van der Waals surface area contributed by atoms with Crippen LogP contribution in [0.4, 0.5) is 0 Å². The average Bonchev–Trinajstić information content (AvgIpc) is 3.93. The van der Waals surface area contributed by atoms with E-state index in [0.29, 0.717) is 0 Å². The van der Waals surface area contributed by atoms with Crippen molar-refractivity contribution < 1.29 is 0 Å². The highest BCUT2D eigenvalue weighted by molar-refractivity contribution is 7.19. The predicted octanol–water partition coefficient (Wildman–Crippen LogP) is 9.97. The number of benzene rings is 6. The number of nitrogens with zero attached hydrogens (tertiary/aromatic N) is 4. The number of pyridine rings is 1. The second kappa shape index (κ2) is 13.3. The zero-order valence-electron chi connectivity index (χ0n) is 34.0. The van der Waals surface area contributed by atoms with Crippen LogP contribution in [0, 0.1) is 0 Å². The summed E-state index contributed by atoms with van der Waals surface area (Å²) in [5.41, 5.74) is 7.76. The topological polar surface area (TPSA) is 51.4 Å². The van der Waals surface area contributed by atoms with Gasteiger partial charge in [-0.2, -0.15) is 5.10 Å². The Bertz CT molecular complexity index is 3040. The second-order valence-corrected chi connectivity index (χ2v) is 21.4. The van der Waals surface area contributed by atoms with Gasteiger partial charge in [-0.1, -0.05) is 163 Å². The Balaban J connectivity index is 1.38. The molecule has 0 amide bonds. The number of hydrogen-bond donors (Lipinski definition) is 1. The molecule has 6 heteroatoms. The standard InChI is InChI=1S/C52H47N5Si/c1-51(2,3)35-29-37(56-45-26-16-15-25-43(45)44-34-53-55-50(44)56)33-40(30-35)58(38-19-9-7-10-20-38,39-21-11-8-12-22-39)49-32-36(52(4,5)6)31-48(54-49)57-46-27-17-13-23-41(46)42-24-14-18-28-47(42)57/h7-34H,1-6H3,(H,53,55). The molecule has 6 aromatic carbocycles. The average molecular weight is 770 g/mol. The first-order valence-electron chi connectivity index (χ1n) is 20.2. The number of nitrogens with one attached hydrogen (secondary N) is 1. The maximum absolute atomic E-state index is 5.97. The van der Waals surface area contributed by atoms with Gasteiger partial charge in [-0.15, -0.1) is 0 Å². The van der Waals surface area contributed by atoms with Gasteiger partial charge in [-0.25, -0.2) is 4.98 Å². The third-order valence-corrected chi connectivity index (χ3v) is 16.6. The van der Waals surface area contributed by atoms with Gasteiger partial charge in [0.15, 0.2) is 0 Å². The Morgan fingerprint density at radius 3 is 1.50 bits per heavy atom. The lowest BCUT2D eigenvalue weighted by molar-refractivity contribution is 0.589. The first kappa shape index (κ1) is 35.9. The van der Waals surface area contributed by atoms with E-state index in [0.717, 1.165) is 44.4 Å². The quantitative estimate of drug-likeness (QED) is 0.135. The molecule has 10 rings (SSSR count). The number of rotatable bonds is 6. The monoisotopic (exact) mass is 769 g/mol. The van der Waals surface area contributed by atoms with Crippen molar-refractivity contribution in [1.82, 2.24) is 24.3 Å². The molecule has 0 aliphatic heterocycles. The summed E-state index contributed by atoms with van der Waals surface area (Å²) in [5, 5.41) is 17.6. The van der Waals surface area contributed by atoms with Gasteiger partial charge in [0.25, 0.3) is 0 Å². The summed E-state index contributed by atoms with van der Waals surface area (Å²) in [4.78, 5) is 5.97. The van der Waals surface area contributed by atoms with Crippen molar-refractivity contribution in [3.63, 3.8) is 0 Å². The van der Waals surface area contributed by atoms with Crippen LogP contribution in [0.2, 0.25) is 0 Å². The lowest BCUT2D eigenvalue weighted by Crippen LogP contribution is -2.75. The molecule has 58 heavy (non-hydrogen) atoms. The highest BCUT2D eigenvalue weighted by Crippen LogP contribution is 2.35. The third kappa shape index (κ3) is 5.58. The summed E-state index contributed by atoms with van der Waals surface area (Å²) in [6.45, 7) is 13.9. The van der Waals surface area contributed by atoms with E-state index in [1.54, 1.807) is 0 Å². The summed E-state index contributed by atoms with van der Waals surface area (Å²) in [6.07, 6.45) is 1.95. The summed E-state index contributed by atoms with van der Waals surface area (Å²) >= 11 is 0. The maximum Gasteiger partial charge on any atom is 0.202 e. The van der Waals surface area contributed by atoms with E-state index >= 15 is 0 Å². The largest absolute Gasteiger partial charge is 0.294 e. The molecule has 0 aliphatic rings. The minimum atomic E-state index is -3.23. The molecule has 284 valence electrons. The fourth-order valence-corrected chi connectivity index (χ4v) is 13.7. The maximum atomic E-state index is 5.97. The van der Waals surface area contributed by atoms with Crippen LogP contribution in [0.15, 0.2) is 170 Å². The van der Waals surface area contributed by atoms with Gasteiger partial charge in [-0.3, -0.25) is 14.2 Å². The highest BCUT2D eigenvalue weighted by atomic mass is 28.3. The Morgan fingerprint density at radius 2 is 0.948 bits per heavy atom. The zero-order valence-corrected chi connectivity index (χ0v) is 35.0. The fraction of sp³-hybridized carbons (Fsp3) is 0.154. The van der Waals surface area contributed by atoms with Crippen molar-refractivity contribution in [1.29, 1.82) is 0 Å².